The van der Waals surface area contributed by atoms with Crippen LogP contribution in [0.4, 0.5) is 0 Å². The number of rotatable bonds is 3. The first-order chi connectivity index (χ1) is 6.36. The van der Waals surface area contributed by atoms with Gasteiger partial charge in [0.05, 0.1) is 6.10 Å². The van der Waals surface area contributed by atoms with Crippen molar-refractivity contribution in [3.05, 3.63) is 0 Å². The minimum atomic E-state index is 0.157. The lowest BCUT2D eigenvalue weighted by molar-refractivity contribution is -0.138. The van der Waals surface area contributed by atoms with E-state index in [1.807, 2.05) is 4.90 Å². The van der Waals surface area contributed by atoms with Gasteiger partial charge in [0.2, 0.25) is 5.91 Å². The van der Waals surface area contributed by atoms with Crippen LogP contribution < -0.4 is 5.32 Å². The van der Waals surface area contributed by atoms with Gasteiger partial charge in [0.15, 0.2) is 0 Å². The number of ether oxygens (including phenoxy) is 1. The van der Waals surface area contributed by atoms with Crippen molar-refractivity contribution in [3.63, 3.8) is 0 Å². The van der Waals surface area contributed by atoms with Crippen LogP contribution in [0, 0.1) is 0 Å². The topological polar surface area (TPSA) is 41.6 Å². The third kappa shape index (κ3) is 2.19. The zero-order chi connectivity index (χ0) is 9.10. The normalized spacial score (nSPS) is 23.2. The number of likely N-dealkylation sites (tertiary alicyclic amines) is 1. The maximum atomic E-state index is 11.5. The van der Waals surface area contributed by atoms with E-state index in [1.54, 1.807) is 0 Å². The average Bonchev–Trinajstić information content (AvgIpc) is 2.52. The Kier molecular flexibility index (Phi) is 2.80. The van der Waals surface area contributed by atoms with Crippen LogP contribution in [-0.4, -0.2) is 49.7 Å². The minimum Gasteiger partial charge on any atom is -0.366 e. The maximum Gasteiger partial charge on any atom is 0.248 e. The lowest BCUT2D eigenvalue weighted by Crippen LogP contribution is -2.49. The molecule has 0 aromatic carbocycles. The fraction of sp³-hybridized carbons (Fsp3) is 0.889. The molecule has 0 atom stereocenters. The highest BCUT2D eigenvalue weighted by Crippen LogP contribution is 2.08. The highest BCUT2D eigenvalue weighted by molar-refractivity contribution is 5.77. The van der Waals surface area contributed by atoms with E-state index in [0.29, 0.717) is 0 Å². The number of nitrogens with zero attached hydrogens (tertiary/aromatic N) is 1. The molecule has 0 saturated carbocycles. The molecule has 2 aliphatic heterocycles. The monoisotopic (exact) mass is 184 g/mol. The molecular formula is C9H16N2O2. The van der Waals surface area contributed by atoms with Gasteiger partial charge in [-0.25, -0.2) is 0 Å². The molecule has 2 aliphatic rings. The van der Waals surface area contributed by atoms with Gasteiger partial charge in [-0.2, -0.15) is 0 Å². The zero-order valence-electron chi connectivity index (χ0n) is 7.79. The van der Waals surface area contributed by atoms with Crippen molar-refractivity contribution in [3.8, 4) is 0 Å². The smallest absolute Gasteiger partial charge is 0.248 e. The molecule has 4 heteroatoms. The van der Waals surface area contributed by atoms with Crippen molar-refractivity contribution in [1.29, 1.82) is 0 Å². The minimum absolute atomic E-state index is 0.157. The Hall–Kier alpha value is -0.610. The molecule has 2 saturated heterocycles. The number of carbonyl (C=O) groups is 1. The molecule has 0 aromatic rings. The van der Waals surface area contributed by atoms with E-state index >= 15 is 0 Å². The summed E-state index contributed by atoms with van der Waals surface area (Å²) in [5.41, 5.74) is 0. The Bertz CT molecular complexity index is 186. The van der Waals surface area contributed by atoms with Crippen molar-refractivity contribution in [1.82, 2.24) is 10.2 Å². The van der Waals surface area contributed by atoms with Gasteiger partial charge in [-0.3, -0.25) is 4.79 Å². The zero-order valence-corrected chi connectivity index (χ0v) is 7.79. The third-order valence-corrected chi connectivity index (χ3v) is 2.65. The Morgan fingerprint density at radius 1 is 1.38 bits per heavy atom. The molecule has 2 heterocycles. The Morgan fingerprint density at radius 3 is 2.62 bits per heavy atom. The summed E-state index contributed by atoms with van der Waals surface area (Å²) in [6.45, 7) is 3.91. The fourth-order valence-electron chi connectivity index (χ4n) is 1.63. The average molecular weight is 184 g/mol. The quantitative estimate of drug-likeness (QED) is 0.648. The highest BCUT2D eigenvalue weighted by atomic mass is 16.5. The van der Waals surface area contributed by atoms with Crippen molar-refractivity contribution < 1.29 is 9.53 Å². The summed E-state index contributed by atoms with van der Waals surface area (Å²) < 4.78 is 5.40. The van der Waals surface area contributed by atoms with Crippen molar-refractivity contribution in [2.45, 2.75) is 18.9 Å². The van der Waals surface area contributed by atoms with Crippen molar-refractivity contribution >= 4 is 5.91 Å². The molecule has 1 N–H and O–H groups in total. The van der Waals surface area contributed by atoms with Gasteiger partial charge < -0.3 is 15.0 Å². The molecule has 13 heavy (non-hydrogen) atoms. The second-order valence-electron chi connectivity index (χ2n) is 3.68. The van der Waals surface area contributed by atoms with Crippen molar-refractivity contribution in [2.75, 3.05) is 32.8 Å². The van der Waals surface area contributed by atoms with Gasteiger partial charge in [0.1, 0.15) is 6.61 Å². The van der Waals surface area contributed by atoms with Gasteiger partial charge in [0, 0.05) is 26.2 Å². The van der Waals surface area contributed by atoms with Crippen LogP contribution >= 0.6 is 0 Å². The van der Waals surface area contributed by atoms with E-state index in [4.69, 9.17) is 4.74 Å². The summed E-state index contributed by atoms with van der Waals surface area (Å²) in [4.78, 5) is 13.4. The van der Waals surface area contributed by atoms with Crippen LogP contribution in [0.15, 0.2) is 0 Å². The molecule has 0 aromatic heterocycles. The third-order valence-electron chi connectivity index (χ3n) is 2.65. The number of carbonyl (C=O) groups excluding carboxylic acids is 1. The maximum absolute atomic E-state index is 11.5. The van der Waals surface area contributed by atoms with Crippen LogP contribution in [0.25, 0.3) is 0 Å². The largest absolute Gasteiger partial charge is 0.366 e. The van der Waals surface area contributed by atoms with Crippen LogP contribution in [0.1, 0.15) is 12.8 Å². The predicted octanol–water partition coefficient (Wildman–Crippen LogP) is -0.403. The molecule has 0 radical (unpaired) electrons. The van der Waals surface area contributed by atoms with Crippen LogP contribution in [0.2, 0.25) is 0 Å². The predicted molar refractivity (Wildman–Crippen MR) is 48.4 cm³/mol. The van der Waals surface area contributed by atoms with E-state index in [-0.39, 0.29) is 18.6 Å². The first kappa shape index (κ1) is 8.97. The first-order valence-electron chi connectivity index (χ1n) is 4.96. The summed E-state index contributed by atoms with van der Waals surface area (Å²) in [7, 11) is 0. The molecule has 4 nitrogen and oxygen atoms in total. The molecule has 0 unspecified atom stereocenters. The Labute approximate surface area is 78.2 Å². The van der Waals surface area contributed by atoms with E-state index in [9.17, 15) is 4.79 Å². The summed E-state index contributed by atoms with van der Waals surface area (Å²) in [5, 5.41) is 3.10. The van der Waals surface area contributed by atoms with Crippen LogP contribution in [0.5, 0.6) is 0 Å². The van der Waals surface area contributed by atoms with Gasteiger partial charge >= 0.3 is 0 Å². The van der Waals surface area contributed by atoms with E-state index < -0.39 is 0 Å². The first-order valence-corrected chi connectivity index (χ1v) is 4.96. The molecule has 2 rings (SSSR count). The van der Waals surface area contributed by atoms with Crippen molar-refractivity contribution in [2.24, 2.45) is 0 Å². The number of amides is 1. The Morgan fingerprint density at radius 2 is 2.08 bits per heavy atom. The SMILES string of the molecule is O=C(COC1CNC1)N1CCCC1. The summed E-state index contributed by atoms with van der Waals surface area (Å²) in [6, 6.07) is 0. The van der Waals surface area contributed by atoms with Crippen LogP contribution in [-0.2, 0) is 9.53 Å². The molecule has 74 valence electrons. The van der Waals surface area contributed by atoms with E-state index in [0.717, 1.165) is 39.0 Å². The molecule has 0 bridgehead atoms. The number of hydrogen-bond donors (Lipinski definition) is 1. The van der Waals surface area contributed by atoms with Crippen LogP contribution in [0.3, 0.4) is 0 Å². The molecule has 0 aliphatic carbocycles. The molecule has 0 spiro atoms. The lowest BCUT2D eigenvalue weighted by atomic mass is 10.2. The second kappa shape index (κ2) is 4.07. The Balaban J connectivity index is 1.65. The highest BCUT2D eigenvalue weighted by Gasteiger charge is 2.22. The molecule has 2 fully saturated rings. The summed E-state index contributed by atoms with van der Waals surface area (Å²) in [6.07, 6.45) is 2.57. The fourth-order valence-corrected chi connectivity index (χ4v) is 1.63. The number of hydrogen-bond acceptors (Lipinski definition) is 3. The lowest BCUT2D eigenvalue weighted by Gasteiger charge is -2.27. The molecule has 1 amide bonds. The molecular weight excluding hydrogens is 168 g/mol. The summed E-state index contributed by atoms with van der Waals surface area (Å²) >= 11 is 0. The van der Waals surface area contributed by atoms with E-state index in [2.05, 4.69) is 5.32 Å². The second-order valence-corrected chi connectivity index (χ2v) is 3.68. The van der Waals surface area contributed by atoms with Gasteiger partial charge in [-0.1, -0.05) is 0 Å². The summed E-state index contributed by atoms with van der Waals surface area (Å²) in [5.74, 6) is 0.157. The van der Waals surface area contributed by atoms with E-state index in [1.165, 1.54) is 0 Å². The van der Waals surface area contributed by atoms with Gasteiger partial charge in [-0.05, 0) is 12.8 Å². The standard InChI is InChI=1S/C9H16N2O2/c12-9(11-3-1-2-4-11)7-13-8-5-10-6-8/h8,10H,1-7H2. The van der Waals surface area contributed by atoms with Gasteiger partial charge in [0.25, 0.3) is 0 Å². The van der Waals surface area contributed by atoms with Gasteiger partial charge in [-0.15, -0.1) is 0 Å². The number of nitrogens with one attached hydrogen (secondary N) is 1.